The van der Waals surface area contributed by atoms with Gasteiger partial charge < -0.3 is 11.1 Å². The van der Waals surface area contributed by atoms with Crippen molar-refractivity contribution in [2.24, 2.45) is 0 Å². The van der Waals surface area contributed by atoms with Crippen LogP contribution in [0.3, 0.4) is 0 Å². The van der Waals surface area contributed by atoms with E-state index in [9.17, 15) is 0 Å². The van der Waals surface area contributed by atoms with Crippen LogP contribution in [0.15, 0.2) is 48.5 Å². The van der Waals surface area contributed by atoms with Gasteiger partial charge in [0.15, 0.2) is 0 Å². The van der Waals surface area contributed by atoms with E-state index in [-0.39, 0.29) is 0 Å². The zero-order valence-corrected chi connectivity index (χ0v) is 11.2. The Bertz CT molecular complexity index is 547. The molecule has 4 N–H and O–H groups in total. The van der Waals surface area contributed by atoms with Crippen LogP contribution in [0, 0.1) is 5.41 Å². The first-order chi connectivity index (χ1) is 9.15. The summed E-state index contributed by atoms with van der Waals surface area (Å²) in [4.78, 5) is 0. The SMILES string of the molecule is N=C(NCCc1ccc(Cl)cc1)c1ccc(N)cc1. The second kappa shape index (κ2) is 6.25. The van der Waals surface area contributed by atoms with Crippen molar-refractivity contribution in [2.75, 3.05) is 12.3 Å². The van der Waals surface area contributed by atoms with E-state index in [0.29, 0.717) is 18.1 Å². The minimum absolute atomic E-state index is 0.411. The molecule has 2 rings (SSSR count). The average Bonchev–Trinajstić information content (AvgIpc) is 2.41. The van der Waals surface area contributed by atoms with Crippen LogP contribution in [0.5, 0.6) is 0 Å². The molecule has 0 bridgehead atoms. The van der Waals surface area contributed by atoms with Crippen molar-refractivity contribution in [2.45, 2.75) is 6.42 Å². The zero-order valence-electron chi connectivity index (χ0n) is 10.5. The summed E-state index contributed by atoms with van der Waals surface area (Å²) in [5.74, 6) is 0.411. The van der Waals surface area contributed by atoms with E-state index >= 15 is 0 Å². The summed E-state index contributed by atoms with van der Waals surface area (Å²) in [5, 5.41) is 11.8. The molecular weight excluding hydrogens is 258 g/mol. The quantitative estimate of drug-likeness (QED) is 0.455. The molecule has 0 aliphatic heterocycles. The Morgan fingerprint density at radius 1 is 1.05 bits per heavy atom. The molecular formula is C15H16ClN3. The number of hydrogen-bond donors (Lipinski definition) is 3. The van der Waals surface area contributed by atoms with Gasteiger partial charge in [0.05, 0.1) is 0 Å². The number of halogens is 1. The molecule has 0 spiro atoms. The van der Waals surface area contributed by atoms with Crippen molar-refractivity contribution in [3.05, 3.63) is 64.7 Å². The lowest BCUT2D eigenvalue weighted by Crippen LogP contribution is -2.25. The molecule has 2 aromatic rings. The van der Waals surface area contributed by atoms with Gasteiger partial charge in [-0.3, -0.25) is 5.41 Å². The summed E-state index contributed by atoms with van der Waals surface area (Å²) >= 11 is 5.83. The van der Waals surface area contributed by atoms with Gasteiger partial charge in [-0.05, 0) is 48.4 Å². The second-order valence-corrected chi connectivity index (χ2v) is 4.74. The van der Waals surface area contributed by atoms with Crippen molar-refractivity contribution < 1.29 is 0 Å². The van der Waals surface area contributed by atoms with Gasteiger partial charge in [-0.15, -0.1) is 0 Å². The average molecular weight is 274 g/mol. The Morgan fingerprint density at radius 3 is 2.32 bits per heavy atom. The highest BCUT2D eigenvalue weighted by Gasteiger charge is 2.00. The number of rotatable bonds is 4. The Labute approximate surface area is 117 Å². The van der Waals surface area contributed by atoms with Crippen LogP contribution in [-0.2, 0) is 6.42 Å². The molecule has 0 aliphatic rings. The van der Waals surface area contributed by atoms with Crippen molar-refractivity contribution in [1.29, 1.82) is 5.41 Å². The topological polar surface area (TPSA) is 61.9 Å². The molecule has 4 heteroatoms. The van der Waals surface area contributed by atoms with Gasteiger partial charge in [0.25, 0.3) is 0 Å². The van der Waals surface area contributed by atoms with Crippen molar-refractivity contribution >= 4 is 23.1 Å². The summed E-state index contributed by atoms with van der Waals surface area (Å²) in [7, 11) is 0. The fraction of sp³-hybridized carbons (Fsp3) is 0.133. The van der Waals surface area contributed by atoms with Gasteiger partial charge >= 0.3 is 0 Å². The smallest absolute Gasteiger partial charge is 0.125 e. The first-order valence-electron chi connectivity index (χ1n) is 6.08. The lowest BCUT2D eigenvalue weighted by molar-refractivity contribution is 0.862. The van der Waals surface area contributed by atoms with E-state index in [4.69, 9.17) is 22.7 Å². The molecule has 19 heavy (non-hydrogen) atoms. The number of benzene rings is 2. The third-order valence-electron chi connectivity index (χ3n) is 2.83. The summed E-state index contributed by atoms with van der Waals surface area (Å²) in [6, 6.07) is 15.0. The highest BCUT2D eigenvalue weighted by Crippen LogP contribution is 2.09. The number of nitrogens with two attached hydrogens (primary N) is 1. The van der Waals surface area contributed by atoms with Gasteiger partial charge in [0.1, 0.15) is 5.84 Å². The Morgan fingerprint density at radius 2 is 1.68 bits per heavy atom. The maximum Gasteiger partial charge on any atom is 0.125 e. The summed E-state index contributed by atoms with van der Waals surface area (Å²) in [6.07, 6.45) is 0.856. The van der Waals surface area contributed by atoms with E-state index in [1.807, 2.05) is 36.4 Å². The highest BCUT2D eigenvalue weighted by molar-refractivity contribution is 6.30. The van der Waals surface area contributed by atoms with Gasteiger partial charge in [-0.25, -0.2) is 0 Å². The van der Waals surface area contributed by atoms with Crippen LogP contribution < -0.4 is 11.1 Å². The predicted molar refractivity (Wildman–Crippen MR) is 80.8 cm³/mol. The molecule has 0 saturated carbocycles. The Kier molecular flexibility index (Phi) is 4.42. The molecule has 3 nitrogen and oxygen atoms in total. The summed E-state index contributed by atoms with van der Waals surface area (Å²) in [5.41, 5.74) is 8.35. The lowest BCUT2D eigenvalue weighted by Gasteiger charge is -2.08. The van der Waals surface area contributed by atoms with E-state index < -0.39 is 0 Å². The minimum Gasteiger partial charge on any atom is -0.399 e. The largest absolute Gasteiger partial charge is 0.399 e. The molecule has 2 aromatic carbocycles. The maximum absolute atomic E-state index is 7.93. The molecule has 0 fully saturated rings. The third kappa shape index (κ3) is 4.00. The molecule has 0 unspecified atom stereocenters. The standard InChI is InChI=1S/C15H16ClN3/c16-13-5-1-11(2-6-13)9-10-19-15(18)12-3-7-14(17)8-4-12/h1-8H,9-10,17H2,(H2,18,19). The number of amidine groups is 1. The highest BCUT2D eigenvalue weighted by atomic mass is 35.5. The van der Waals surface area contributed by atoms with Gasteiger partial charge in [-0.1, -0.05) is 23.7 Å². The lowest BCUT2D eigenvalue weighted by atomic mass is 10.1. The Balaban J connectivity index is 1.84. The van der Waals surface area contributed by atoms with Crippen LogP contribution in [0.1, 0.15) is 11.1 Å². The molecule has 0 radical (unpaired) electrons. The first kappa shape index (κ1) is 13.4. The third-order valence-corrected chi connectivity index (χ3v) is 3.08. The molecule has 0 heterocycles. The number of hydrogen-bond acceptors (Lipinski definition) is 2. The number of anilines is 1. The second-order valence-electron chi connectivity index (χ2n) is 4.30. The molecule has 0 saturated heterocycles. The van der Waals surface area contributed by atoms with Crippen LogP contribution in [0.2, 0.25) is 5.02 Å². The Hall–Kier alpha value is -2.00. The van der Waals surface area contributed by atoms with Crippen molar-refractivity contribution in [3.8, 4) is 0 Å². The van der Waals surface area contributed by atoms with Gasteiger partial charge in [0, 0.05) is 22.8 Å². The summed E-state index contributed by atoms with van der Waals surface area (Å²) in [6.45, 7) is 0.713. The van der Waals surface area contributed by atoms with E-state index in [1.165, 1.54) is 5.56 Å². The minimum atomic E-state index is 0.411. The fourth-order valence-electron chi connectivity index (χ4n) is 1.73. The monoisotopic (exact) mass is 273 g/mol. The van der Waals surface area contributed by atoms with E-state index in [2.05, 4.69) is 5.32 Å². The molecule has 0 aromatic heterocycles. The zero-order chi connectivity index (χ0) is 13.7. The molecule has 0 amide bonds. The van der Waals surface area contributed by atoms with Crippen molar-refractivity contribution in [3.63, 3.8) is 0 Å². The fourth-order valence-corrected chi connectivity index (χ4v) is 1.86. The van der Waals surface area contributed by atoms with Crippen LogP contribution in [0.25, 0.3) is 0 Å². The molecule has 0 aliphatic carbocycles. The predicted octanol–water partition coefficient (Wildman–Crippen LogP) is 3.08. The summed E-state index contributed by atoms with van der Waals surface area (Å²) < 4.78 is 0. The van der Waals surface area contributed by atoms with E-state index in [0.717, 1.165) is 17.0 Å². The van der Waals surface area contributed by atoms with Gasteiger partial charge in [-0.2, -0.15) is 0 Å². The van der Waals surface area contributed by atoms with Crippen LogP contribution in [0.4, 0.5) is 5.69 Å². The van der Waals surface area contributed by atoms with Crippen LogP contribution >= 0.6 is 11.6 Å². The number of nitrogen functional groups attached to an aromatic ring is 1. The molecule has 98 valence electrons. The van der Waals surface area contributed by atoms with Crippen LogP contribution in [-0.4, -0.2) is 12.4 Å². The normalized spacial score (nSPS) is 10.2. The first-order valence-corrected chi connectivity index (χ1v) is 6.46. The van der Waals surface area contributed by atoms with Gasteiger partial charge in [0.2, 0.25) is 0 Å². The van der Waals surface area contributed by atoms with Crippen molar-refractivity contribution in [1.82, 2.24) is 5.32 Å². The maximum atomic E-state index is 7.93. The molecule has 0 atom stereocenters. The van der Waals surface area contributed by atoms with E-state index in [1.54, 1.807) is 12.1 Å². The number of nitrogens with one attached hydrogen (secondary N) is 2.